The number of amides is 2. The second kappa shape index (κ2) is 10.8. The van der Waals surface area contributed by atoms with Crippen LogP contribution in [0.5, 0.6) is 0 Å². The monoisotopic (exact) mass is 430 g/mol. The zero-order valence-electron chi connectivity index (χ0n) is 19.8. The molecule has 1 aromatic carbocycles. The van der Waals surface area contributed by atoms with Crippen LogP contribution in [0.4, 0.5) is 0 Å². The molecule has 2 N–H and O–H groups in total. The number of carbonyl (C=O) groups excluding carboxylic acids is 3. The normalized spacial score (nSPS) is 20.1. The van der Waals surface area contributed by atoms with Crippen LogP contribution in [0.3, 0.4) is 0 Å². The lowest BCUT2D eigenvalue weighted by atomic mass is 9.86. The molecule has 0 bridgehead atoms. The standard InChI is InChI=1S/C25H38N2O4/c1-16(2)22(27-23(29)18-11-13-19(14-12-18)25(4,5)6)24(30)31-15-21(28)26-20-10-8-7-9-17(20)3/h11-14,16-17,20,22H,7-10,15H2,1-6H3,(H,26,28)(H,27,29)/t17-,20-,22-/m0/s1. The van der Waals surface area contributed by atoms with Crippen molar-refractivity contribution in [2.24, 2.45) is 11.8 Å². The molecule has 6 heteroatoms. The summed E-state index contributed by atoms with van der Waals surface area (Å²) in [6.07, 6.45) is 4.35. The fourth-order valence-corrected chi connectivity index (χ4v) is 3.85. The van der Waals surface area contributed by atoms with Gasteiger partial charge in [0.1, 0.15) is 6.04 Å². The average Bonchev–Trinajstić information content (AvgIpc) is 2.71. The van der Waals surface area contributed by atoms with Gasteiger partial charge in [-0.25, -0.2) is 4.79 Å². The van der Waals surface area contributed by atoms with Crippen LogP contribution in [0, 0.1) is 11.8 Å². The zero-order valence-corrected chi connectivity index (χ0v) is 19.8. The van der Waals surface area contributed by atoms with Gasteiger partial charge < -0.3 is 15.4 Å². The van der Waals surface area contributed by atoms with E-state index in [1.165, 1.54) is 6.42 Å². The van der Waals surface area contributed by atoms with Crippen LogP contribution in [0.2, 0.25) is 0 Å². The largest absolute Gasteiger partial charge is 0.454 e. The Labute approximate surface area is 186 Å². The van der Waals surface area contributed by atoms with Gasteiger partial charge in [-0.15, -0.1) is 0 Å². The summed E-state index contributed by atoms with van der Waals surface area (Å²) in [7, 11) is 0. The first-order chi connectivity index (χ1) is 14.5. The van der Waals surface area contributed by atoms with Gasteiger partial charge in [0.15, 0.2) is 6.61 Å². The molecule has 172 valence electrons. The predicted molar refractivity (Wildman–Crippen MR) is 122 cm³/mol. The molecular weight excluding hydrogens is 392 g/mol. The van der Waals surface area contributed by atoms with Crippen molar-refractivity contribution in [3.63, 3.8) is 0 Å². The molecule has 1 saturated carbocycles. The first kappa shape index (κ1) is 24.9. The molecule has 0 aliphatic heterocycles. The number of hydrogen-bond acceptors (Lipinski definition) is 4. The zero-order chi connectivity index (χ0) is 23.2. The van der Waals surface area contributed by atoms with E-state index < -0.39 is 12.0 Å². The average molecular weight is 431 g/mol. The molecule has 0 unspecified atom stereocenters. The maximum Gasteiger partial charge on any atom is 0.329 e. The maximum absolute atomic E-state index is 12.7. The Morgan fingerprint density at radius 3 is 2.23 bits per heavy atom. The molecule has 0 saturated heterocycles. The highest BCUT2D eigenvalue weighted by Gasteiger charge is 2.28. The number of rotatable bonds is 7. The smallest absolute Gasteiger partial charge is 0.329 e. The second-order valence-corrected chi connectivity index (χ2v) is 10.1. The highest BCUT2D eigenvalue weighted by Crippen LogP contribution is 2.24. The minimum Gasteiger partial charge on any atom is -0.454 e. The summed E-state index contributed by atoms with van der Waals surface area (Å²) in [5, 5.41) is 5.73. The van der Waals surface area contributed by atoms with Gasteiger partial charge in [-0.05, 0) is 47.8 Å². The highest BCUT2D eigenvalue weighted by molar-refractivity contribution is 5.97. The van der Waals surface area contributed by atoms with Crippen LogP contribution >= 0.6 is 0 Å². The fourth-order valence-electron chi connectivity index (χ4n) is 3.85. The topological polar surface area (TPSA) is 84.5 Å². The molecule has 0 radical (unpaired) electrons. The fraction of sp³-hybridized carbons (Fsp3) is 0.640. The van der Waals surface area contributed by atoms with Gasteiger partial charge in [0.05, 0.1) is 0 Å². The molecule has 1 aliphatic carbocycles. The van der Waals surface area contributed by atoms with E-state index in [1.54, 1.807) is 12.1 Å². The van der Waals surface area contributed by atoms with E-state index in [9.17, 15) is 14.4 Å². The van der Waals surface area contributed by atoms with E-state index in [0.717, 1.165) is 24.8 Å². The molecule has 1 fully saturated rings. The first-order valence-corrected chi connectivity index (χ1v) is 11.4. The van der Waals surface area contributed by atoms with Crippen molar-refractivity contribution >= 4 is 17.8 Å². The van der Waals surface area contributed by atoms with E-state index in [1.807, 2.05) is 26.0 Å². The summed E-state index contributed by atoms with van der Waals surface area (Å²) in [6, 6.07) is 6.69. The first-order valence-electron chi connectivity index (χ1n) is 11.4. The third kappa shape index (κ3) is 7.37. The van der Waals surface area contributed by atoms with Crippen molar-refractivity contribution in [1.29, 1.82) is 0 Å². The molecule has 6 nitrogen and oxygen atoms in total. The molecule has 3 atom stereocenters. The van der Waals surface area contributed by atoms with E-state index in [-0.39, 0.29) is 35.8 Å². The Morgan fingerprint density at radius 2 is 1.68 bits per heavy atom. The van der Waals surface area contributed by atoms with E-state index in [2.05, 4.69) is 38.3 Å². The van der Waals surface area contributed by atoms with Gasteiger partial charge in [-0.3, -0.25) is 9.59 Å². The predicted octanol–water partition coefficient (Wildman–Crippen LogP) is 3.98. The van der Waals surface area contributed by atoms with Crippen LogP contribution in [0.1, 0.15) is 83.1 Å². The Kier molecular flexibility index (Phi) is 8.66. The summed E-state index contributed by atoms with van der Waals surface area (Å²) < 4.78 is 5.24. The molecule has 0 aromatic heterocycles. The molecule has 1 aliphatic rings. The van der Waals surface area contributed by atoms with E-state index in [0.29, 0.717) is 11.5 Å². The van der Waals surface area contributed by atoms with Crippen molar-refractivity contribution in [1.82, 2.24) is 10.6 Å². The van der Waals surface area contributed by atoms with E-state index in [4.69, 9.17) is 4.74 Å². The van der Waals surface area contributed by atoms with Crippen molar-refractivity contribution < 1.29 is 19.1 Å². The number of esters is 1. The number of carbonyl (C=O) groups is 3. The van der Waals surface area contributed by atoms with Crippen LogP contribution in [0.15, 0.2) is 24.3 Å². The van der Waals surface area contributed by atoms with Gasteiger partial charge in [0, 0.05) is 11.6 Å². The van der Waals surface area contributed by atoms with Crippen LogP contribution < -0.4 is 10.6 Å². The summed E-state index contributed by atoms with van der Waals surface area (Å²) in [6.45, 7) is 11.8. The molecule has 0 heterocycles. The quantitative estimate of drug-likeness (QED) is 0.641. The second-order valence-electron chi connectivity index (χ2n) is 10.1. The molecule has 2 amide bonds. The number of ether oxygens (including phenoxy) is 1. The molecule has 31 heavy (non-hydrogen) atoms. The number of hydrogen-bond donors (Lipinski definition) is 2. The van der Waals surface area contributed by atoms with Gasteiger partial charge >= 0.3 is 5.97 Å². The van der Waals surface area contributed by atoms with Gasteiger partial charge in [-0.2, -0.15) is 0 Å². The lowest BCUT2D eigenvalue weighted by molar-refractivity contribution is -0.151. The van der Waals surface area contributed by atoms with Crippen molar-refractivity contribution in [3.05, 3.63) is 35.4 Å². The maximum atomic E-state index is 12.7. The van der Waals surface area contributed by atoms with Crippen LogP contribution in [-0.2, 0) is 19.7 Å². The SMILES string of the molecule is CC(C)[C@H](NC(=O)c1ccc(C(C)(C)C)cc1)C(=O)OCC(=O)N[C@H]1CCCC[C@@H]1C. The van der Waals surface area contributed by atoms with E-state index >= 15 is 0 Å². The Morgan fingerprint density at radius 1 is 1.06 bits per heavy atom. The lowest BCUT2D eigenvalue weighted by Gasteiger charge is -2.29. The Bertz CT molecular complexity index is 765. The highest BCUT2D eigenvalue weighted by atomic mass is 16.5. The minimum absolute atomic E-state index is 0.00469. The Balaban J connectivity index is 1.91. The van der Waals surface area contributed by atoms with Crippen LogP contribution in [0.25, 0.3) is 0 Å². The third-order valence-electron chi connectivity index (χ3n) is 6.02. The Hall–Kier alpha value is -2.37. The molecular formula is C25H38N2O4. The summed E-state index contributed by atoms with van der Waals surface area (Å²) in [5.41, 5.74) is 1.60. The molecule has 2 rings (SSSR count). The summed E-state index contributed by atoms with van der Waals surface area (Å²) in [4.78, 5) is 37.5. The molecule has 1 aromatic rings. The van der Waals surface area contributed by atoms with Gasteiger partial charge in [-0.1, -0.05) is 66.5 Å². The minimum atomic E-state index is -0.823. The lowest BCUT2D eigenvalue weighted by Crippen LogP contribution is -2.47. The van der Waals surface area contributed by atoms with Gasteiger partial charge in [0.25, 0.3) is 11.8 Å². The third-order valence-corrected chi connectivity index (χ3v) is 6.02. The van der Waals surface area contributed by atoms with Crippen LogP contribution in [-0.4, -0.2) is 36.5 Å². The summed E-state index contributed by atoms with van der Waals surface area (Å²) in [5.74, 6) is -0.968. The number of benzene rings is 1. The number of nitrogens with one attached hydrogen (secondary N) is 2. The van der Waals surface area contributed by atoms with Crippen molar-refractivity contribution in [2.45, 2.75) is 84.7 Å². The molecule has 0 spiro atoms. The summed E-state index contributed by atoms with van der Waals surface area (Å²) >= 11 is 0. The van der Waals surface area contributed by atoms with Crippen molar-refractivity contribution in [3.8, 4) is 0 Å². The van der Waals surface area contributed by atoms with Gasteiger partial charge in [0.2, 0.25) is 0 Å². The van der Waals surface area contributed by atoms with Crippen molar-refractivity contribution in [2.75, 3.05) is 6.61 Å².